The summed E-state index contributed by atoms with van der Waals surface area (Å²) in [5.74, 6) is -0.207. The summed E-state index contributed by atoms with van der Waals surface area (Å²) < 4.78 is 7.10. The Labute approximate surface area is 145 Å². The van der Waals surface area contributed by atoms with Gasteiger partial charge in [-0.3, -0.25) is 4.79 Å². The maximum atomic E-state index is 11.8. The maximum Gasteiger partial charge on any atom is 0.306 e. The van der Waals surface area contributed by atoms with E-state index in [4.69, 9.17) is 16.3 Å². The highest BCUT2D eigenvalue weighted by molar-refractivity contribution is 6.30. The van der Waals surface area contributed by atoms with Gasteiger partial charge in [-0.1, -0.05) is 35.9 Å². The Morgan fingerprint density at radius 3 is 2.42 bits per heavy atom. The molecule has 0 N–H and O–H groups in total. The first-order valence-corrected chi connectivity index (χ1v) is 8.07. The van der Waals surface area contributed by atoms with E-state index in [1.54, 1.807) is 10.9 Å². The monoisotopic (exact) mass is 340 g/mol. The van der Waals surface area contributed by atoms with E-state index in [1.807, 2.05) is 60.8 Å². The Morgan fingerprint density at radius 2 is 1.75 bits per heavy atom. The largest absolute Gasteiger partial charge is 0.461 e. The van der Waals surface area contributed by atoms with Crippen LogP contribution in [0.15, 0.2) is 67.0 Å². The summed E-state index contributed by atoms with van der Waals surface area (Å²) in [5, 5.41) is 4.87. The lowest BCUT2D eigenvalue weighted by Crippen LogP contribution is -2.06. The molecule has 0 amide bonds. The van der Waals surface area contributed by atoms with Crippen molar-refractivity contribution in [3.8, 4) is 5.69 Å². The number of esters is 1. The van der Waals surface area contributed by atoms with Gasteiger partial charge in [0.15, 0.2) is 0 Å². The quantitative estimate of drug-likeness (QED) is 0.632. The lowest BCUT2D eigenvalue weighted by atomic mass is 10.1. The maximum absolute atomic E-state index is 11.8. The van der Waals surface area contributed by atoms with Crippen molar-refractivity contribution in [1.29, 1.82) is 0 Å². The zero-order valence-corrected chi connectivity index (χ0v) is 13.8. The SMILES string of the molecule is O=C(CCc1ccc(Cl)cc1)OCc1ccc(-n2cccn2)cc1. The number of halogens is 1. The fourth-order valence-corrected chi connectivity index (χ4v) is 2.43. The van der Waals surface area contributed by atoms with Crippen LogP contribution >= 0.6 is 11.6 Å². The minimum absolute atomic E-state index is 0.207. The van der Waals surface area contributed by atoms with Gasteiger partial charge in [0.1, 0.15) is 6.61 Å². The van der Waals surface area contributed by atoms with Crippen molar-refractivity contribution in [2.75, 3.05) is 0 Å². The van der Waals surface area contributed by atoms with Gasteiger partial charge in [-0.15, -0.1) is 0 Å². The molecule has 2 aromatic carbocycles. The first-order chi connectivity index (χ1) is 11.7. The first kappa shape index (κ1) is 16.3. The molecule has 1 heterocycles. The van der Waals surface area contributed by atoms with Gasteiger partial charge in [-0.05, 0) is 47.9 Å². The molecule has 0 aliphatic carbocycles. The molecule has 24 heavy (non-hydrogen) atoms. The third kappa shape index (κ3) is 4.46. The van der Waals surface area contributed by atoms with Crippen LogP contribution < -0.4 is 0 Å². The fraction of sp³-hybridized carbons (Fsp3) is 0.158. The van der Waals surface area contributed by atoms with Gasteiger partial charge in [0.05, 0.1) is 5.69 Å². The van der Waals surface area contributed by atoms with Gasteiger partial charge in [-0.2, -0.15) is 5.10 Å². The Morgan fingerprint density at radius 1 is 1.04 bits per heavy atom. The highest BCUT2D eigenvalue weighted by atomic mass is 35.5. The molecule has 3 rings (SSSR count). The highest BCUT2D eigenvalue weighted by Crippen LogP contribution is 2.12. The van der Waals surface area contributed by atoms with Gasteiger partial charge in [0.25, 0.3) is 0 Å². The smallest absolute Gasteiger partial charge is 0.306 e. The number of hydrogen-bond donors (Lipinski definition) is 0. The van der Waals surface area contributed by atoms with Crippen LogP contribution in [0.2, 0.25) is 5.02 Å². The third-order valence-corrected chi connectivity index (χ3v) is 3.89. The summed E-state index contributed by atoms with van der Waals surface area (Å²) in [6.07, 6.45) is 4.61. The predicted octanol–water partition coefficient (Wildman–Crippen LogP) is 4.20. The zero-order valence-electron chi connectivity index (χ0n) is 13.1. The van der Waals surface area contributed by atoms with Crippen LogP contribution in [0, 0.1) is 0 Å². The molecule has 0 aliphatic heterocycles. The first-order valence-electron chi connectivity index (χ1n) is 7.70. The van der Waals surface area contributed by atoms with Gasteiger partial charge < -0.3 is 4.74 Å². The lowest BCUT2D eigenvalue weighted by Gasteiger charge is -2.07. The number of carbonyl (C=O) groups is 1. The summed E-state index contributed by atoms with van der Waals surface area (Å²) in [7, 11) is 0. The van der Waals surface area contributed by atoms with E-state index < -0.39 is 0 Å². The molecular formula is C19H17ClN2O2. The lowest BCUT2D eigenvalue weighted by molar-refractivity contribution is -0.144. The second-order valence-electron chi connectivity index (χ2n) is 5.40. The molecule has 0 aliphatic rings. The molecule has 0 saturated heterocycles. The second-order valence-corrected chi connectivity index (χ2v) is 5.84. The number of nitrogens with zero attached hydrogens (tertiary/aromatic N) is 2. The van der Waals surface area contributed by atoms with Gasteiger partial charge in [0.2, 0.25) is 0 Å². The molecule has 122 valence electrons. The van der Waals surface area contributed by atoms with Gasteiger partial charge in [-0.25, -0.2) is 4.68 Å². The van der Waals surface area contributed by atoms with Crippen molar-refractivity contribution in [1.82, 2.24) is 9.78 Å². The van der Waals surface area contributed by atoms with E-state index >= 15 is 0 Å². The Kier molecular flexibility index (Phi) is 5.29. The van der Waals surface area contributed by atoms with Gasteiger partial charge >= 0.3 is 5.97 Å². The van der Waals surface area contributed by atoms with E-state index in [9.17, 15) is 4.79 Å². The van der Waals surface area contributed by atoms with E-state index in [0.717, 1.165) is 16.8 Å². The molecule has 0 atom stereocenters. The minimum atomic E-state index is -0.207. The van der Waals surface area contributed by atoms with E-state index in [2.05, 4.69) is 5.10 Å². The Hall–Kier alpha value is -2.59. The van der Waals surface area contributed by atoms with Crippen LogP contribution in [0.5, 0.6) is 0 Å². The molecule has 3 aromatic rings. The molecule has 0 spiro atoms. The van der Waals surface area contributed by atoms with Crippen LogP contribution in [0.3, 0.4) is 0 Å². The van der Waals surface area contributed by atoms with E-state index in [-0.39, 0.29) is 12.6 Å². The number of hydrogen-bond acceptors (Lipinski definition) is 3. The second kappa shape index (κ2) is 7.79. The Bertz CT molecular complexity index is 781. The number of aromatic nitrogens is 2. The molecule has 0 radical (unpaired) electrons. The normalized spacial score (nSPS) is 10.5. The van der Waals surface area contributed by atoms with Crippen molar-refractivity contribution in [3.05, 3.63) is 83.1 Å². The summed E-state index contributed by atoms with van der Waals surface area (Å²) in [6, 6.07) is 17.1. The molecule has 5 heteroatoms. The summed E-state index contributed by atoms with van der Waals surface area (Å²) in [4.78, 5) is 11.8. The van der Waals surface area contributed by atoms with Crippen molar-refractivity contribution < 1.29 is 9.53 Å². The topological polar surface area (TPSA) is 44.1 Å². The fourth-order valence-electron chi connectivity index (χ4n) is 2.30. The van der Waals surface area contributed by atoms with Crippen LogP contribution in [-0.4, -0.2) is 15.7 Å². The number of aryl methyl sites for hydroxylation is 1. The summed E-state index contributed by atoms with van der Waals surface area (Å²) in [6.45, 7) is 0.277. The number of carbonyl (C=O) groups excluding carboxylic acids is 1. The van der Waals surface area contributed by atoms with Crippen molar-refractivity contribution in [3.63, 3.8) is 0 Å². The molecule has 4 nitrogen and oxygen atoms in total. The van der Waals surface area contributed by atoms with Crippen LogP contribution in [0.1, 0.15) is 17.5 Å². The van der Waals surface area contributed by atoms with Crippen LogP contribution in [-0.2, 0) is 22.6 Å². The molecule has 1 aromatic heterocycles. The molecule has 0 bridgehead atoms. The summed E-state index contributed by atoms with van der Waals surface area (Å²) in [5.41, 5.74) is 2.99. The molecule has 0 fully saturated rings. The zero-order chi connectivity index (χ0) is 16.8. The third-order valence-electron chi connectivity index (χ3n) is 3.64. The molecule has 0 unspecified atom stereocenters. The van der Waals surface area contributed by atoms with Crippen molar-refractivity contribution >= 4 is 17.6 Å². The average molecular weight is 341 g/mol. The highest BCUT2D eigenvalue weighted by Gasteiger charge is 2.05. The van der Waals surface area contributed by atoms with Crippen molar-refractivity contribution in [2.45, 2.75) is 19.4 Å². The van der Waals surface area contributed by atoms with Gasteiger partial charge in [0, 0.05) is 23.8 Å². The molecular weight excluding hydrogens is 324 g/mol. The Balaban J connectivity index is 1.46. The minimum Gasteiger partial charge on any atom is -0.461 e. The van der Waals surface area contributed by atoms with E-state index in [1.165, 1.54) is 0 Å². The summed E-state index contributed by atoms with van der Waals surface area (Å²) >= 11 is 5.84. The average Bonchev–Trinajstić information content (AvgIpc) is 3.14. The van der Waals surface area contributed by atoms with E-state index in [0.29, 0.717) is 17.9 Å². The standard InChI is InChI=1S/C19H17ClN2O2/c20-17-7-2-15(3-8-17)6-11-19(23)24-14-16-4-9-18(10-5-16)22-13-1-12-21-22/h1-5,7-10,12-13H,6,11,14H2. The molecule has 0 saturated carbocycles. The van der Waals surface area contributed by atoms with Crippen LogP contribution in [0.4, 0.5) is 0 Å². The number of benzene rings is 2. The van der Waals surface area contributed by atoms with Crippen LogP contribution in [0.25, 0.3) is 5.69 Å². The number of rotatable bonds is 6. The predicted molar refractivity (Wildman–Crippen MR) is 93.1 cm³/mol. The number of ether oxygens (including phenoxy) is 1. The van der Waals surface area contributed by atoms with Crippen molar-refractivity contribution in [2.24, 2.45) is 0 Å².